The van der Waals surface area contributed by atoms with Crippen molar-refractivity contribution in [3.05, 3.63) is 66.2 Å². The Kier molecular flexibility index (Phi) is 8.04. The van der Waals surface area contributed by atoms with E-state index in [2.05, 4.69) is 9.71 Å². The standard InChI is InChI=1S/C24H31N3O4S/c1-4-12-32(29,30)26-22(14-19-6-5-10-25-15-19)24(28)27(16-18(2)3)17-20-7-8-23-21(13-20)9-11-31-23/h5-11,13,15,18,22,26H,4,12,14,16-17H2,1-3H3/t22-/m0/s1. The number of hydrogen-bond donors (Lipinski definition) is 1. The van der Waals surface area contributed by atoms with Crippen molar-refractivity contribution in [2.75, 3.05) is 12.3 Å². The van der Waals surface area contributed by atoms with Crippen LogP contribution in [0.3, 0.4) is 0 Å². The van der Waals surface area contributed by atoms with Crippen LogP contribution in [0.4, 0.5) is 0 Å². The smallest absolute Gasteiger partial charge is 0.241 e. The van der Waals surface area contributed by atoms with Crippen molar-refractivity contribution in [3.63, 3.8) is 0 Å². The zero-order chi connectivity index (χ0) is 23.1. The average Bonchev–Trinajstić information content (AvgIpc) is 3.20. The Labute approximate surface area is 189 Å². The molecule has 32 heavy (non-hydrogen) atoms. The third kappa shape index (κ3) is 6.64. The van der Waals surface area contributed by atoms with E-state index in [9.17, 15) is 13.2 Å². The van der Waals surface area contributed by atoms with Crippen LogP contribution in [0.15, 0.2) is 59.5 Å². The molecule has 0 saturated heterocycles. The molecule has 3 rings (SSSR count). The fourth-order valence-electron chi connectivity index (χ4n) is 3.71. The van der Waals surface area contributed by atoms with E-state index in [-0.39, 0.29) is 24.0 Å². The number of benzene rings is 1. The lowest BCUT2D eigenvalue weighted by Gasteiger charge is -2.29. The normalized spacial score (nSPS) is 12.9. The van der Waals surface area contributed by atoms with Gasteiger partial charge in [-0.25, -0.2) is 13.1 Å². The molecule has 0 unspecified atom stereocenters. The number of carbonyl (C=O) groups excluding carboxylic acids is 1. The van der Waals surface area contributed by atoms with Gasteiger partial charge in [-0.2, -0.15) is 0 Å². The molecule has 0 aliphatic carbocycles. The number of rotatable bonds is 11. The van der Waals surface area contributed by atoms with Crippen molar-refractivity contribution in [2.45, 2.75) is 46.2 Å². The van der Waals surface area contributed by atoms with Crippen LogP contribution >= 0.6 is 0 Å². The molecule has 2 aromatic heterocycles. The van der Waals surface area contributed by atoms with Crippen LogP contribution in [0, 0.1) is 5.92 Å². The van der Waals surface area contributed by atoms with Crippen LogP contribution in [-0.4, -0.2) is 42.5 Å². The molecular formula is C24H31N3O4S. The van der Waals surface area contributed by atoms with Gasteiger partial charge in [-0.3, -0.25) is 9.78 Å². The number of amides is 1. The lowest BCUT2D eigenvalue weighted by atomic mass is 10.1. The first kappa shape index (κ1) is 23.9. The zero-order valence-corrected chi connectivity index (χ0v) is 19.6. The van der Waals surface area contributed by atoms with Crippen molar-refractivity contribution >= 4 is 26.9 Å². The zero-order valence-electron chi connectivity index (χ0n) is 18.8. The summed E-state index contributed by atoms with van der Waals surface area (Å²) in [7, 11) is -3.58. The van der Waals surface area contributed by atoms with E-state index in [0.29, 0.717) is 19.5 Å². The van der Waals surface area contributed by atoms with Gasteiger partial charge in [0.25, 0.3) is 0 Å². The number of nitrogens with one attached hydrogen (secondary N) is 1. The van der Waals surface area contributed by atoms with Gasteiger partial charge >= 0.3 is 0 Å². The molecule has 7 nitrogen and oxygen atoms in total. The predicted molar refractivity (Wildman–Crippen MR) is 125 cm³/mol. The highest BCUT2D eigenvalue weighted by molar-refractivity contribution is 7.89. The second-order valence-electron chi connectivity index (χ2n) is 8.46. The van der Waals surface area contributed by atoms with Gasteiger partial charge in [0, 0.05) is 30.9 Å². The van der Waals surface area contributed by atoms with Gasteiger partial charge in [0.05, 0.1) is 12.0 Å². The Hall–Kier alpha value is -2.71. The molecule has 8 heteroatoms. The van der Waals surface area contributed by atoms with Crippen LogP contribution in [0.2, 0.25) is 0 Å². The maximum absolute atomic E-state index is 13.6. The number of sulfonamides is 1. The van der Waals surface area contributed by atoms with Crippen LogP contribution in [0.25, 0.3) is 11.0 Å². The minimum Gasteiger partial charge on any atom is -0.464 e. The summed E-state index contributed by atoms with van der Waals surface area (Å²) in [6, 6.07) is 10.4. The van der Waals surface area contributed by atoms with Gasteiger partial charge < -0.3 is 9.32 Å². The number of carbonyl (C=O) groups is 1. The molecule has 0 aliphatic heterocycles. The molecule has 0 fully saturated rings. The molecular weight excluding hydrogens is 426 g/mol. The van der Waals surface area contributed by atoms with Crippen molar-refractivity contribution in [1.82, 2.24) is 14.6 Å². The first-order chi connectivity index (χ1) is 15.3. The summed E-state index contributed by atoms with van der Waals surface area (Å²) in [5.74, 6) is -0.0389. The van der Waals surface area contributed by atoms with Gasteiger partial charge in [-0.05, 0) is 54.2 Å². The fraction of sp³-hybridized carbons (Fsp3) is 0.417. The van der Waals surface area contributed by atoms with Gasteiger partial charge in [-0.1, -0.05) is 32.9 Å². The van der Waals surface area contributed by atoms with Crippen LogP contribution < -0.4 is 4.72 Å². The lowest BCUT2D eigenvalue weighted by molar-refractivity contribution is -0.134. The van der Waals surface area contributed by atoms with E-state index in [0.717, 1.165) is 22.1 Å². The molecule has 1 aromatic carbocycles. The monoisotopic (exact) mass is 457 g/mol. The van der Waals surface area contributed by atoms with Gasteiger partial charge in [-0.15, -0.1) is 0 Å². The molecule has 2 heterocycles. The van der Waals surface area contributed by atoms with Gasteiger partial charge in [0.1, 0.15) is 11.6 Å². The minimum atomic E-state index is -3.58. The van der Waals surface area contributed by atoms with Crippen LogP contribution in [-0.2, 0) is 27.8 Å². The number of fused-ring (bicyclic) bond motifs is 1. The average molecular weight is 458 g/mol. The van der Waals surface area contributed by atoms with Gasteiger partial charge in [0.15, 0.2) is 0 Å². The number of furan rings is 1. The molecule has 0 saturated carbocycles. The Balaban J connectivity index is 1.88. The second kappa shape index (κ2) is 10.7. The van der Waals surface area contributed by atoms with E-state index in [1.807, 2.05) is 44.2 Å². The first-order valence-corrected chi connectivity index (χ1v) is 12.6. The summed E-state index contributed by atoms with van der Waals surface area (Å²) in [4.78, 5) is 19.5. The third-order valence-electron chi connectivity index (χ3n) is 5.04. The molecule has 1 atom stereocenters. The summed E-state index contributed by atoms with van der Waals surface area (Å²) < 4.78 is 33.2. The molecule has 1 amide bonds. The van der Waals surface area contributed by atoms with E-state index in [1.54, 1.807) is 36.5 Å². The van der Waals surface area contributed by atoms with Crippen molar-refractivity contribution < 1.29 is 17.6 Å². The predicted octanol–water partition coefficient (Wildman–Crippen LogP) is 3.75. The number of pyridine rings is 1. The van der Waals surface area contributed by atoms with E-state index < -0.39 is 16.1 Å². The van der Waals surface area contributed by atoms with Crippen molar-refractivity contribution in [2.24, 2.45) is 5.92 Å². The molecule has 0 radical (unpaired) electrons. The maximum Gasteiger partial charge on any atom is 0.241 e. The Morgan fingerprint density at radius 2 is 2.00 bits per heavy atom. The molecule has 3 aromatic rings. The topological polar surface area (TPSA) is 92.5 Å². The summed E-state index contributed by atoms with van der Waals surface area (Å²) in [6.45, 7) is 6.78. The number of aromatic nitrogens is 1. The molecule has 0 spiro atoms. The Morgan fingerprint density at radius 3 is 2.69 bits per heavy atom. The molecule has 1 N–H and O–H groups in total. The van der Waals surface area contributed by atoms with E-state index >= 15 is 0 Å². The lowest BCUT2D eigenvalue weighted by Crippen LogP contribution is -2.50. The molecule has 172 valence electrons. The minimum absolute atomic E-state index is 0.0227. The maximum atomic E-state index is 13.6. The summed E-state index contributed by atoms with van der Waals surface area (Å²) in [6.07, 6.45) is 5.67. The fourth-order valence-corrected chi connectivity index (χ4v) is 4.98. The summed E-state index contributed by atoms with van der Waals surface area (Å²) in [5, 5.41) is 0.968. The Bertz CT molecular complexity index is 1130. The Morgan fingerprint density at radius 1 is 1.19 bits per heavy atom. The summed E-state index contributed by atoms with van der Waals surface area (Å²) >= 11 is 0. The highest BCUT2D eigenvalue weighted by Gasteiger charge is 2.29. The summed E-state index contributed by atoms with van der Waals surface area (Å²) in [5.41, 5.74) is 2.55. The number of nitrogens with zero attached hydrogens (tertiary/aromatic N) is 2. The number of hydrogen-bond acceptors (Lipinski definition) is 5. The molecule has 0 bridgehead atoms. The van der Waals surface area contributed by atoms with Crippen LogP contribution in [0.5, 0.6) is 0 Å². The highest BCUT2D eigenvalue weighted by Crippen LogP contribution is 2.19. The second-order valence-corrected chi connectivity index (χ2v) is 10.3. The van der Waals surface area contributed by atoms with Gasteiger partial charge in [0.2, 0.25) is 15.9 Å². The van der Waals surface area contributed by atoms with E-state index in [4.69, 9.17) is 4.42 Å². The van der Waals surface area contributed by atoms with Crippen molar-refractivity contribution in [3.8, 4) is 0 Å². The molecule has 0 aliphatic rings. The third-order valence-corrected chi connectivity index (χ3v) is 6.63. The quantitative estimate of drug-likeness (QED) is 0.473. The first-order valence-electron chi connectivity index (χ1n) is 10.9. The van der Waals surface area contributed by atoms with Crippen molar-refractivity contribution in [1.29, 1.82) is 0 Å². The van der Waals surface area contributed by atoms with Crippen LogP contribution in [0.1, 0.15) is 38.3 Å². The largest absolute Gasteiger partial charge is 0.464 e. The SMILES string of the molecule is CCCS(=O)(=O)N[C@@H](Cc1cccnc1)C(=O)N(Cc1ccc2occc2c1)CC(C)C. The highest BCUT2D eigenvalue weighted by atomic mass is 32.2. The van der Waals surface area contributed by atoms with E-state index in [1.165, 1.54) is 0 Å².